The maximum absolute atomic E-state index is 11.8. The molecular weight excluding hydrogens is 294 g/mol. The zero-order chi connectivity index (χ0) is 16.8. The maximum atomic E-state index is 11.8. The van der Waals surface area contributed by atoms with Crippen molar-refractivity contribution in [2.45, 2.75) is 46.3 Å². The Labute approximate surface area is 137 Å². The van der Waals surface area contributed by atoms with Gasteiger partial charge < -0.3 is 15.4 Å². The van der Waals surface area contributed by atoms with Gasteiger partial charge in [0.25, 0.3) is 0 Å². The number of ether oxygens (including phenoxy) is 1. The van der Waals surface area contributed by atoms with Gasteiger partial charge in [-0.3, -0.25) is 9.59 Å². The molecule has 0 aromatic carbocycles. The fourth-order valence-corrected chi connectivity index (χ4v) is 2.23. The second kappa shape index (κ2) is 7.94. The molecule has 23 heavy (non-hydrogen) atoms. The van der Waals surface area contributed by atoms with Gasteiger partial charge in [-0.25, -0.2) is 4.98 Å². The van der Waals surface area contributed by atoms with Crippen LogP contribution in [0.2, 0.25) is 0 Å². The molecule has 6 nitrogen and oxygen atoms in total. The van der Waals surface area contributed by atoms with E-state index in [1.165, 1.54) is 0 Å². The number of carbonyl (C=O) groups excluding carboxylic acids is 2. The Kier molecular flexibility index (Phi) is 5.96. The maximum Gasteiger partial charge on any atom is 0.223 e. The van der Waals surface area contributed by atoms with Crippen LogP contribution in [-0.4, -0.2) is 29.4 Å². The highest BCUT2D eigenvalue weighted by atomic mass is 16.5. The molecular formula is C17H25N3O3. The van der Waals surface area contributed by atoms with Crippen LogP contribution in [0.15, 0.2) is 18.3 Å². The predicted octanol–water partition coefficient (Wildman–Crippen LogP) is 1.65. The minimum Gasteiger partial charge on any atom is -0.475 e. The molecule has 0 radical (unpaired) electrons. The van der Waals surface area contributed by atoms with Crippen molar-refractivity contribution in [2.75, 3.05) is 6.54 Å². The lowest BCUT2D eigenvalue weighted by atomic mass is 10.2. The first-order chi connectivity index (χ1) is 11.0. The summed E-state index contributed by atoms with van der Waals surface area (Å²) < 4.78 is 5.46. The Bertz CT molecular complexity index is 543. The van der Waals surface area contributed by atoms with E-state index in [2.05, 4.69) is 22.5 Å². The van der Waals surface area contributed by atoms with Gasteiger partial charge in [0, 0.05) is 37.7 Å². The van der Waals surface area contributed by atoms with Gasteiger partial charge in [-0.2, -0.15) is 0 Å². The van der Waals surface area contributed by atoms with Gasteiger partial charge in [0.15, 0.2) is 0 Å². The summed E-state index contributed by atoms with van der Waals surface area (Å²) in [4.78, 5) is 27.6. The number of nitrogens with one attached hydrogen (secondary N) is 2. The van der Waals surface area contributed by atoms with E-state index in [1.807, 2.05) is 19.9 Å². The summed E-state index contributed by atoms with van der Waals surface area (Å²) >= 11 is 0. The number of aromatic nitrogens is 1. The Balaban J connectivity index is 1.63. The number of amides is 2. The van der Waals surface area contributed by atoms with E-state index < -0.39 is 0 Å². The molecule has 0 bridgehead atoms. The fourth-order valence-electron chi connectivity index (χ4n) is 2.23. The summed E-state index contributed by atoms with van der Waals surface area (Å²) in [6.07, 6.45) is 3.02. The molecule has 1 fully saturated rings. The van der Waals surface area contributed by atoms with Crippen molar-refractivity contribution < 1.29 is 14.3 Å². The van der Waals surface area contributed by atoms with Crippen LogP contribution in [0.25, 0.3) is 0 Å². The van der Waals surface area contributed by atoms with Crippen LogP contribution in [0.3, 0.4) is 0 Å². The monoisotopic (exact) mass is 319 g/mol. The van der Waals surface area contributed by atoms with E-state index in [0.29, 0.717) is 24.9 Å². The van der Waals surface area contributed by atoms with E-state index >= 15 is 0 Å². The third-order valence-electron chi connectivity index (χ3n) is 3.74. The molecule has 2 N–H and O–H groups in total. The minimum atomic E-state index is -0.0864. The lowest BCUT2D eigenvalue weighted by Crippen LogP contribution is -2.31. The van der Waals surface area contributed by atoms with Crippen LogP contribution < -0.4 is 15.4 Å². The fraction of sp³-hybridized carbons (Fsp3) is 0.588. The Morgan fingerprint density at radius 3 is 2.65 bits per heavy atom. The van der Waals surface area contributed by atoms with Crippen molar-refractivity contribution in [1.29, 1.82) is 0 Å². The molecule has 0 saturated heterocycles. The molecule has 1 aromatic rings. The van der Waals surface area contributed by atoms with Crippen molar-refractivity contribution in [1.82, 2.24) is 15.6 Å². The van der Waals surface area contributed by atoms with E-state index in [9.17, 15) is 9.59 Å². The molecule has 1 aromatic heterocycles. The van der Waals surface area contributed by atoms with Crippen LogP contribution >= 0.6 is 0 Å². The Hall–Kier alpha value is -2.11. The van der Waals surface area contributed by atoms with Gasteiger partial charge in [-0.1, -0.05) is 13.0 Å². The number of nitrogens with zero attached hydrogens (tertiary/aromatic N) is 1. The van der Waals surface area contributed by atoms with Gasteiger partial charge in [0.1, 0.15) is 0 Å². The Morgan fingerprint density at radius 1 is 1.35 bits per heavy atom. The molecule has 0 aliphatic heterocycles. The first-order valence-electron chi connectivity index (χ1n) is 8.11. The van der Waals surface area contributed by atoms with Crippen molar-refractivity contribution in [3.8, 4) is 5.88 Å². The van der Waals surface area contributed by atoms with Gasteiger partial charge in [-0.15, -0.1) is 0 Å². The third kappa shape index (κ3) is 5.88. The van der Waals surface area contributed by atoms with E-state index in [1.54, 1.807) is 12.3 Å². The van der Waals surface area contributed by atoms with Crippen LogP contribution in [0.4, 0.5) is 0 Å². The summed E-state index contributed by atoms with van der Waals surface area (Å²) in [6.45, 7) is 6.74. The van der Waals surface area contributed by atoms with Crippen LogP contribution in [0.1, 0.15) is 39.2 Å². The van der Waals surface area contributed by atoms with E-state index in [0.717, 1.165) is 12.0 Å². The minimum absolute atomic E-state index is 0.0650. The molecule has 1 aliphatic carbocycles. The SMILES string of the molecule is CC(C)Oc1ccc(CNC(=O)CCNC(=O)[C@@H]2C[C@H]2C)cn1. The Morgan fingerprint density at radius 2 is 2.09 bits per heavy atom. The zero-order valence-electron chi connectivity index (χ0n) is 14.0. The lowest BCUT2D eigenvalue weighted by molar-refractivity contribution is -0.123. The van der Waals surface area contributed by atoms with E-state index in [4.69, 9.17) is 4.74 Å². The van der Waals surface area contributed by atoms with Crippen molar-refractivity contribution >= 4 is 11.8 Å². The molecule has 2 rings (SSSR count). The molecule has 126 valence electrons. The van der Waals surface area contributed by atoms with Gasteiger partial charge in [-0.05, 0) is 31.7 Å². The van der Waals surface area contributed by atoms with Crippen molar-refractivity contribution in [2.24, 2.45) is 11.8 Å². The van der Waals surface area contributed by atoms with Crippen molar-refractivity contribution in [3.05, 3.63) is 23.9 Å². The lowest BCUT2D eigenvalue weighted by Gasteiger charge is -2.09. The molecule has 1 saturated carbocycles. The van der Waals surface area contributed by atoms with E-state index in [-0.39, 0.29) is 30.3 Å². The topological polar surface area (TPSA) is 80.3 Å². The first kappa shape index (κ1) is 17.2. The highest BCUT2D eigenvalue weighted by Crippen LogP contribution is 2.37. The molecule has 1 aliphatic rings. The normalized spacial score (nSPS) is 19.3. The molecule has 2 amide bonds. The number of pyridine rings is 1. The molecule has 0 spiro atoms. The summed E-state index contributed by atoms with van der Waals surface area (Å²) in [6, 6.07) is 3.67. The smallest absolute Gasteiger partial charge is 0.223 e. The van der Waals surface area contributed by atoms with Crippen LogP contribution in [0, 0.1) is 11.8 Å². The second-order valence-electron chi connectivity index (χ2n) is 6.31. The summed E-state index contributed by atoms with van der Waals surface area (Å²) in [5, 5.41) is 5.62. The van der Waals surface area contributed by atoms with Crippen LogP contribution in [-0.2, 0) is 16.1 Å². The number of carbonyl (C=O) groups is 2. The van der Waals surface area contributed by atoms with Crippen molar-refractivity contribution in [3.63, 3.8) is 0 Å². The van der Waals surface area contributed by atoms with Gasteiger partial charge >= 0.3 is 0 Å². The largest absolute Gasteiger partial charge is 0.475 e. The average Bonchev–Trinajstić information content (AvgIpc) is 3.23. The highest BCUT2D eigenvalue weighted by molar-refractivity contribution is 5.82. The number of hydrogen-bond donors (Lipinski definition) is 2. The molecule has 0 unspecified atom stereocenters. The van der Waals surface area contributed by atoms with Gasteiger partial charge in [0.2, 0.25) is 17.7 Å². The zero-order valence-corrected chi connectivity index (χ0v) is 14.0. The summed E-state index contributed by atoms with van der Waals surface area (Å²) in [5.74, 6) is 1.19. The predicted molar refractivity (Wildman–Crippen MR) is 86.7 cm³/mol. The number of hydrogen-bond acceptors (Lipinski definition) is 4. The van der Waals surface area contributed by atoms with Crippen LogP contribution in [0.5, 0.6) is 5.88 Å². The molecule has 2 atom stereocenters. The average molecular weight is 319 g/mol. The molecule has 6 heteroatoms. The first-order valence-corrected chi connectivity index (χ1v) is 8.11. The third-order valence-corrected chi connectivity index (χ3v) is 3.74. The summed E-state index contributed by atoms with van der Waals surface area (Å²) in [7, 11) is 0. The summed E-state index contributed by atoms with van der Waals surface area (Å²) in [5.41, 5.74) is 0.908. The highest BCUT2D eigenvalue weighted by Gasteiger charge is 2.38. The van der Waals surface area contributed by atoms with Gasteiger partial charge in [0.05, 0.1) is 6.10 Å². The molecule has 1 heterocycles. The standard InChI is InChI=1S/C17H25N3O3/c1-11(2)23-16-5-4-13(10-20-16)9-19-15(21)6-7-18-17(22)14-8-12(14)3/h4-5,10-12,14H,6-9H2,1-3H3,(H,18,22)(H,19,21)/t12-,14-/m1/s1. The number of rotatable bonds is 8. The second-order valence-corrected chi connectivity index (χ2v) is 6.31. The quantitative estimate of drug-likeness (QED) is 0.763.